The van der Waals surface area contributed by atoms with E-state index in [4.69, 9.17) is 9.47 Å². The van der Waals surface area contributed by atoms with Gasteiger partial charge in [-0.2, -0.15) is 0 Å². The van der Waals surface area contributed by atoms with Crippen LogP contribution in [0.5, 0.6) is 0 Å². The van der Waals surface area contributed by atoms with Crippen molar-refractivity contribution in [1.82, 2.24) is 5.32 Å². The molecule has 9 heteroatoms. The van der Waals surface area contributed by atoms with Crippen LogP contribution < -0.4 is 15.5 Å². The lowest BCUT2D eigenvalue weighted by Gasteiger charge is -2.35. The van der Waals surface area contributed by atoms with Crippen LogP contribution in [0.3, 0.4) is 0 Å². The summed E-state index contributed by atoms with van der Waals surface area (Å²) < 4.78 is 14.7. The molecule has 1 heterocycles. The maximum atomic E-state index is 12.1. The van der Waals surface area contributed by atoms with Crippen molar-refractivity contribution in [1.29, 1.82) is 0 Å². The molecule has 1 aliphatic rings. The topological polar surface area (TPSA) is 106 Å². The molecule has 170 valence electrons. The van der Waals surface area contributed by atoms with Crippen LogP contribution in [0.4, 0.5) is 16.2 Å². The van der Waals surface area contributed by atoms with Crippen molar-refractivity contribution in [3.63, 3.8) is 0 Å². The number of hydrogen-bond donors (Lipinski definition) is 2. The molecule has 0 saturated carbocycles. The first-order valence-electron chi connectivity index (χ1n) is 10.1. The van der Waals surface area contributed by atoms with E-state index in [1.807, 2.05) is 45.0 Å². The molecule has 0 bridgehead atoms. The summed E-state index contributed by atoms with van der Waals surface area (Å²) in [5.41, 5.74) is 0.965. The third-order valence-electron chi connectivity index (χ3n) is 4.60. The number of hydrogen-bond acceptors (Lipinski definition) is 8. The highest BCUT2D eigenvalue weighted by Crippen LogP contribution is 2.29. The number of para-hydroxylation sites is 2. The number of rotatable bonds is 6. The monoisotopic (exact) mass is 433 g/mol. The van der Waals surface area contributed by atoms with Crippen molar-refractivity contribution in [3.8, 4) is 0 Å². The summed E-state index contributed by atoms with van der Waals surface area (Å²) >= 11 is 0. The highest BCUT2D eigenvalue weighted by molar-refractivity contribution is 5.99. The molecule has 0 spiro atoms. The Balaban J connectivity index is 2.07. The van der Waals surface area contributed by atoms with Gasteiger partial charge in [0.1, 0.15) is 11.3 Å². The van der Waals surface area contributed by atoms with Crippen molar-refractivity contribution in [2.75, 3.05) is 37.5 Å². The molecule has 1 fully saturated rings. The van der Waals surface area contributed by atoms with E-state index >= 15 is 0 Å². The Kier molecular flexibility index (Phi) is 8.30. The van der Waals surface area contributed by atoms with Crippen LogP contribution in [0, 0.1) is 0 Å². The quantitative estimate of drug-likeness (QED) is 0.401. The second-order valence-electron chi connectivity index (χ2n) is 8.12. The molecule has 1 aromatic carbocycles. The van der Waals surface area contributed by atoms with E-state index in [2.05, 4.69) is 20.3 Å². The molecule has 1 saturated heterocycles. The zero-order valence-electron chi connectivity index (χ0n) is 18.7. The minimum absolute atomic E-state index is 0.0241. The smallest absolute Gasteiger partial charge is 0.407 e. The van der Waals surface area contributed by atoms with Crippen molar-refractivity contribution in [2.45, 2.75) is 45.3 Å². The molecule has 9 nitrogen and oxygen atoms in total. The van der Waals surface area contributed by atoms with Crippen molar-refractivity contribution in [3.05, 3.63) is 36.0 Å². The van der Waals surface area contributed by atoms with Crippen LogP contribution in [0.15, 0.2) is 36.0 Å². The Morgan fingerprint density at radius 1 is 1.06 bits per heavy atom. The van der Waals surface area contributed by atoms with Crippen LogP contribution in [0.1, 0.15) is 33.6 Å². The summed E-state index contributed by atoms with van der Waals surface area (Å²) in [4.78, 5) is 37.9. The Labute approximate surface area is 182 Å². The van der Waals surface area contributed by atoms with Crippen LogP contribution in [-0.2, 0) is 23.8 Å². The Bertz CT molecular complexity index is 823. The number of ether oxygens (including phenoxy) is 3. The predicted molar refractivity (Wildman–Crippen MR) is 117 cm³/mol. The number of amides is 1. The van der Waals surface area contributed by atoms with Gasteiger partial charge in [-0.15, -0.1) is 0 Å². The zero-order valence-corrected chi connectivity index (χ0v) is 18.7. The number of esters is 2. The van der Waals surface area contributed by atoms with E-state index in [1.54, 1.807) is 0 Å². The second-order valence-corrected chi connectivity index (χ2v) is 8.12. The first-order chi connectivity index (χ1) is 14.6. The lowest BCUT2D eigenvalue weighted by Crippen LogP contribution is -2.46. The second kappa shape index (κ2) is 10.7. The van der Waals surface area contributed by atoms with E-state index in [0.29, 0.717) is 18.8 Å². The maximum absolute atomic E-state index is 12.1. The minimum atomic E-state index is -0.680. The molecule has 1 aliphatic heterocycles. The Morgan fingerprint density at radius 3 is 2.29 bits per heavy atom. The van der Waals surface area contributed by atoms with Crippen molar-refractivity contribution < 1.29 is 28.6 Å². The third-order valence-corrected chi connectivity index (χ3v) is 4.60. The Hall–Kier alpha value is -3.23. The van der Waals surface area contributed by atoms with Gasteiger partial charge >= 0.3 is 18.0 Å². The van der Waals surface area contributed by atoms with Gasteiger partial charge in [0.15, 0.2) is 0 Å². The van der Waals surface area contributed by atoms with Gasteiger partial charge in [0.2, 0.25) is 0 Å². The zero-order chi connectivity index (χ0) is 23.0. The standard InChI is InChI=1S/C22H31N3O6/c1-22(2,3)31-21(28)23-15-10-12-25(13-11-15)18-9-7-6-8-16(18)24-17(20(27)30-5)14-19(26)29-4/h6-9,14-15,24H,10-13H2,1-5H3,(H,23,28)/b17-14+. The maximum Gasteiger partial charge on any atom is 0.407 e. The van der Waals surface area contributed by atoms with Gasteiger partial charge in [-0.25, -0.2) is 14.4 Å². The highest BCUT2D eigenvalue weighted by atomic mass is 16.6. The van der Waals surface area contributed by atoms with Gasteiger partial charge in [0.25, 0.3) is 0 Å². The molecular weight excluding hydrogens is 402 g/mol. The predicted octanol–water partition coefficient (Wildman–Crippen LogP) is 2.82. The molecule has 0 atom stereocenters. The van der Waals surface area contributed by atoms with Crippen LogP contribution >= 0.6 is 0 Å². The largest absolute Gasteiger partial charge is 0.466 e. The van der Waals surface area contributed by atoms with Gasteiger partial charge in [-0.05, 0) is 45.7 Å². The van der Waals surface area contributed by atoms with Crippen molar-refractivity contribution in [2.24, 2.45) is 0 Å². The van der Waals surface area contributed by atoms with Gasteiger partial charge in [-0.3, -0.25) is 0 Å². The fourth-order valence-corrected chi connectivity index (χ4v) is 3.17. The average molecular weight is 434 g/mol. The van der Waals surface area contributed by atoms with E-state index in [9.17, 15) is 14.4 Å². The van der Waals surface area contributed by atoms with E-state index < -0.39 is 23.6 Å². The number of piperidine rings is 1. The molecule has 0 aromatic heterocycles. The lowest BCUT2D eigenvalue weighted by atomic mass is 10.0. The molecular formula is C22H31N3O6. The molecule has 31 heavy (non-hydrogen) atoms. The molecule has 0 unspecified atom stereocenters. The minimum Gasteiger partial charge on any atom is -0.466 e. The fraction of sp³-hybridized carbons (Fsp3) is 0.500. The normalized spacial score (nSPS) is 15.1. The number of nitrogens with zero attached hydrogens (tertiary/aromatic N) is 1. The van der Waals surface area contributed by atoms with Gasteiger partial charge in [0, 0.05) is 19.1 Å². The van der Waals surface area contributed by atoms with Crippen LogP contribution in [0.25, 0.3) is 0 Å². The molecule has 0 aliphatic carbocycles. The number of anilines is 2. The number of carbonyl (C=O) groups is 3. The van der Waals surface area contributed by atoms with E-state index in [-0.39, 0.29) is 11.7 Å². The summed E-state index contributed by atoms with van der Waals surface area (Å²) in [6.07, 6.45) is 2.13. The molecule has 2 N–H and O–H groups in total. The number of nitrogens with one attached hydrogen (secondary N) is 2. The molecule has 2 rings (SSSR count). The number of alkyl carbamates (subject to hydrolysis) is 1. The summed E-state index contributed by atoms with van der Waals surface area (Å²) in [5, 5.41) is 5.90. The highest BCUT2D eigenvalue weighted by Gasteiger charge is 2.25. The van der Waals surface area contributed by atoms with Crippen molar-refractivity contribution >= 4 is 29.4 Å². The molecule has 1 amide bonds. The number of methoxy groups -OCH3 is 2. The summed E-state index contributed by atoms with van der Waals surface area (Å²) in [6, 6.07) is 7.49. The third kappa shape index (κ3) is 7.51. The van der Waals surface area contributed by atoms with E-state index in [0.717, 1.165) is 24.6 Å². The fourth-order valence-electron chi connectivity index (χ4n) is 3.17. The number of benzene rings is 1. The molecule has 1 aromatic rings. The summed E-state index contributed by atoms with van der Waals surface area (Å²) in [5.74, 6) is -1.35. The molecule has 0 radical (unpaired) electrons. The first kappa shape index (κ1) is 24.0. The van der Waals surface area contributed by atoms with E-state index in [1.165, 1.54) is 14.2 Å². The van der Waals surface area contributed by atoms with Crippen LogP contribution in [-0.4, -0.2) is 57.0 Å². The van der Waals surface area contributed by atoms with Gasteiger partial charge < -0.3 is 29.7 Å². The SMILES string of the molecule is COC(=O)/C=C(/Nc1ccccc1N1CCC(NC(=O)OC(C)(C)C)CC1)C(=O)OC. The van der Waals surface area contributed by atoms with Crippen LogP contribution in [0.2, 0.25) is 0 Å². The average Bonchev–Trinajstić information content (AvgIpc) is 2.72. The summed E-state index contributed by atoms with van der Waals surface area (Å²) in [7, 11) is 2.47. The first-order valence-corrected chi connectivity index (χ1v) is 10.1. The Morgan fingerprint density at radius 2 is 1.71 bits per heavy atom. The van der Waals surface area contributed by atoms with Gasteiger partial charge in [0.05, 0.1) is 31.7 Å². The summed E-state index contributed by atoms with van der Waals surface area (Å²) in [6.45, 7) is 6.89. The number of carbonyl (C=O) groups excluding carboxylic acids is 3. The van der Waals surface area contributed by atoms with Gasteiger partial charge in [-0.1, -0.05) is 12.1 Å². The lowest BCUT2D eigenvalue weighted by molar-refractivity contribution is -0.138.